The van der Waals surface area contributed by atoms with E-state index in [4.69, 9.17) is 9.47 Å². The standard InChI is InChI=1S/C21H24FNO4/c1-3-4-13-26-18-11-9-16(10-12-18)21(25)27-15-20(24)23(2)14-17-7-5-6-8-19(17)22/h5-12H,3-4,13-15H2,1-2H3. The molecular formula is C21H24FNO4. The van der Waals surface area contributed by atoms with Crippen molar-refractivity contribution in [1.82, 2.24) is 4.90 Å². The van der Waals surface area contributed by atoms with Crippen LogP contribution < -0.4 is 4.74 Å². The molecule has 5 nitrogen and oxygen atoms in total. The minimum Gasteiger partial charge on any atom is -0.494 e. The molecule has 144 valence electrons. The van der Waals surface area contributed by atoms with Crippen LogP contribution in [-0.4, -0.2) is 37.0 Å². The molecule has 27 heavy (non-hydrogen) atoms. The second kappa shape index (κ2) is 10.3. The normalized spacial score (nSPS) is 10.3. The Morgan fingerprint density at radius 1 is 1.07 bits per heavy atom. The second-order valence-corrected chi connectivity index (χ2v) is 6.14. The molecule has 0 unspecified atom stereocenters. The van der Waals surface area contributed by atoms with Gasteiger partial charge in [-0.25, -0.2) is 9.18 Å². The monoisotopic (exact) mass is 373 g/mol. The Morgan fingerprint density at radius 2 is 1.78 bits per heavy atom. The van der Waals surface area contributed by atoms with Crippen molar-refractivity contribution in [3.05, 3.63) is 65.5 Å². The molecule has 0 saturated heterocycles. The summed E-state index contributed by atoms with van der Waals surface area (Å²) in [5.41, 5.74) is 0.737. The van der Waals surface area contributed by atoms with Gasteiger partial charge in [0, 0.05) is 19.2 Å². The van der Waals surface area contributed by atoms with Gasteiger partial charge in [-0.3, -0.25) is 4.79 Å². The Morgan fingerprint density at radius 3 is 2.44 bits per heavy atom. The average molecular weight is 373 g/mol. The van der Waals surface area contributed by atoms with Gasteiger partial charge in [-0.15, -0.1) is 0 Å². The van der Waals surface area contributed by atoms with Crippen molar-refractivity contribution in [2.45, 2.75) is 26.3 Å². The maximum Gasteiger partial charge on any atom is 0.338 e. The lowest BCUT2D eigenvalue weighted by Crippen LogP contribution is -2.31. The van der Waals surface area contributed by atoms with Crippen LogP contribution in [0.15, 0.2) is 48.5 Å². The molecule has 0 aliphatic heterocycles. The van der Waals surface area contributed by atoms with Crippen LogP contribution in [0.3, 0.4) is 0 Å². The molecule has 0 aliphatic carbocycles. The van der Waals surface area contributed by atoms with Gasteiger partial charge < -0.3 is 14.4 Å². The van der Waals surface area contributed by atoms with Crippen LogP contribution in [0.5, 0.6) is 5.75 Å². The fourth-order valence-electron chi connectivity index (χ4n) is 2.31. The predicted molar refractivity (Wildman–Crippen MR) is 100 cm³/mol. The summed E-state index contributed by atoms with van der Waals surface area (Å²) in [6, 6.07) is 12.8. The highest BCUT2D eigenvalue weighted by molar-refractivity contribution is 5.91. The molecule has 2 aromatic carbocycles. The summed E-state index contributed by atoms with van der Waals surface area (Å²) in [6.07, 6.45) is 2.01. The maximum absolute atomic E-state index is 13.6. The van der Waals surface area contributed by atoms with E-state index < -0.39 is 18.5 Å². The molecule has 6 heteroatoms. The number of carbonyl (C=O) groups excluding carboxylic acids is 2. The zero-order chi connectivity index (χ0) is 19.6. The molecule has 0 atom stereocenters. The van der Waals surface area contributed by atoms with Crippen LogP contribution in [-0.2, 0) is 16.1 Å². The number of likely N-dealkylation sites (N-methyl/N-ethyl adjacent to an activating group) is 1. The lowest BCUT2D eigenvalue weighted by Gasteiger charge is -2.17. The van der Waals surface area contributed by atoms with Gasteiger partial charge in [0.25, 0.3) is 5.91 Å². The Bertz CT molecular complexity index is 761. The summed E-state index contributed by atoms with van der Waals surface area (Å²) in [5.74, 6) is -0.704. The molecule has 1 amide bonds. The van der Waals surface area contributed by atoms with Gasteiger partial charge >= 0.3 is 5.97 Å². The smallest absolute Gasteiger partial charge is 0.338 e. The highest BCUT2D eigenvalue weighted by Crippen LogP contribution is 2.14. The second-order valence-electron chi connectivity index (χ2n) is 6.14. The number of unbranched alkanes of at least 4 members (excludes halogenated alkanes) is 1. The van der Waals surface area contributed by atoms with Crippen LogP contribution in [0, 0.1) is 5.82 Å². The minimum absolute atomic E-state index is 0.104. The van der Waals surface area contributed by atoms with Gasteiger partial charge in [0.05, 0.1) is 12.2 Å². The molecule has 0 heterocycles. The third kappa shape index (κ3) is 6.40. The van der Waals surface area contributed by atoms with Gasteiger partial charge in [-0.1, -0.05) is 31.5 Å². The molecule has 0 spiro atoms. The van der Waals surface area contributed by atoms with Crippen molar-refractivity contribution >= 4 is 11.9 Å². The number of amides is 1. The van der Waals surface area contributed by atoms with E-state index in [1.165, 1.54) is 18.0 Å². The third-order valence-corrected chi connectivity index (χ3v) is 3.97. The van der Waals surface area contributed by atoms with Crippen LogP contribution in [0.1, 0.15) is 35.7 Å². The van der Waals surface area contributed by atoms with E-state index in [0.717, 1.165) is 12.8 Å². The summed E-state index contributed by atoms with van der Waals surface area (Å²) in [6.45, 7) is 2.41. The van der Waals surface area contributed by atoms with E-state index in [2.05, 4.69) is 6.92 Å². The summed E-state index contributed by atoms with van der Waals surface area (Å²) >= 11 is 0. The van der Waals surface area contributed by atoms with Gasteiger partial charge in [-0.05, 0) is 36.8 Å². The number of hydrogen-bond acceptors (Lipinski definition) is 4. The SMILES string of the molecule is CCCCOc1ccc(C(=O)OCC(=O)N(C)Cc2ccccc2F)cc1. The molecule has 0 saturated carbocycles. The molecule has 0 radical (unpaired) electrons. The molecule has 0 N–H and O–H groups in total. The molecule has 0 fully saturated rings. The van der Waals surface area contributed by atoms with Crippen molar-refractivity contribution in [2.24, 2.45) is 0 Å². The fourth-order valence-corrected chi connectivity index (χ4v) is 2.31. The number of hydrogen-bond donors (Lipinski definition) is 0. The first-order chi connectivity index (χ1) is 13.0. The number of nitrogens with zero attached hydrogens (tertiary/aromatic N) is 1. The van der Waals surface area contributed by atoms with E-state index in [9.17, 15) is 14.0 Å². The summed E-state index contributed by atoms with van der Waals surface area (Å²) < 4.78 is 24.2. The number of halogens is 1. The highest BCUT2D eigenvalue weighted by Gasteiger charge is 2.15. The van der Waals surface area contributed by atoms with Crippen LogP contribution in [0.4, 0.5) is 4.39 Å². The van der Waals surface area contributed by atoms with E-state index >= 15 is 0 Å². The van der Waals surface area contributed by atoms with Crippen LogP contribution in [0.2, 0.25) is 0 Å². The number of rotatable bonds is 9. The third-order valence-electron chi connectivity index (χ3n) is 3.97. The number of esters is 1. The average Bonchev–Trinajstić information content (AvgIpc) is 2.68. The number of ether oxygens (including phenoxy) is 2. The van der Waals surface area contributed by atoms with E-state index in [-0.39, 0.29) is 12.4 Å². The van der Waals surface area contributed by atoms with Crippen molar-refractivity contribution in [2.75, 3.05) is 20.3 Å². The zero-order valence-electron chi connectivity index (χ0n) is 15.6. The van der Waals surface area contributed by atoms with Crippen LogP contribution in [0.25, 0.3) is 0 Å². The lowest BCUT2D eigenvalue weighted by molar-refractivity contribution is -0.133. The quantitative estimate of drug-likeness (QED) is 0.495. The fraction of sp³-hybridized carbons (Fsp3) is 0.333. The Hall–Kier alpha value is -2.89. The summed E-state index contributed by atoms with van der Waals surface area (Å²) in [7, 11) is 1.53. The van der Waals surface area contributed by atoms with Gasteiger partial charge in [-0.2, -0.15) is 0 Å². The first-order valence-corrected chi connectivity index (χ1v) is 8.88. The van der Waals surface area contributed by atoms with Crippen molar-refractivity contribution in [1.29, 1.82) is 0 Å². The minimum atomic E-state index is -0.595. The van der Waals surface area contributed by atoms with Gasteiger partial charge in [0.15, 0.2) is 6.61 Å². The molecule has 0 aromatic heterocycles. The molecule has 0 bridgehead atoms. The molecule has 0 aliphatic rings. The van der Waals surface area contributed by atoms with E-state index in [0.29, 0.717) is 23.5 Å². The highest BCUT2D eigenvalue weighted by atomic mass is 19.1. The lowest BCUT2D eigenvalue weighted by atomic mass is 10.2. The molecule has 2 rings (SSSR count). The van der Waals surface area contributed by atoms with Crippen LogP contribution >= 0.6 is 0 Å². The summed E-state index contributed by atoms with van der Waals surface area (Å²) in [4.78, 5) is 25.5. The van der Waals surface area contributed by atoms with E-state index in [1.807, 2.05) is 0 Å². The largest absolute Gasteiger partial charge is 0.494 e. The number of benzene rings is 2. The predicted octanol–water partition coefficient (Wildman–Crippen LogP) is 3.82. The van der Waals surface area contributed by atoms with Gasteiger partial charge in [0.2, 0.25) is 0 Å². The van der Waals surface area contributed by atoms with Gasteiger partial charge in [0.1, 0.15) is 11.6 Å². The summed E-state index contributed by atoms with van der Waals surface area (Å²) in [5, 5.41) is 0. The number of carbonyl (C=O) groups is 2. The Labute approximate surface area is 158 Å². The maximum atomic E-state index is 13.6. The van der Waals surface area contributed by atoms with Crippen molar-refractivity contribution in [3.63, 3.8) is 0 Å². The van der Waals surface area contributed by atoms with Crippen molar-refractivity contribution < 1.29 is 23.5 Å². The zero-order valence-corrected chi connectivity index (χ0v) is 15.6. The molecular weight excluding hydrogens is 349 g/mol. The Kier molecular flexibility index (Phi) is 7.79. The molecule has 2 aromatic rings. The first kappa shape index (κ1) is 20.4. The van der Waals surface area contributed by atoms with E-state index in [1.54, 1.807) is 42.5 Å². The first-order valence-electron chi connectivity index (χ1n) is 8.88. The Balaban J connectivity index is 1.81. The topological polar surface area (TPSA) is 55.8 Å². The van der Waals surface area contributed by atoms with Crippen molar-refractivity contribution in [3.8, 4) is 5.75 Å².